The summed E-state index contributed by atoms with van der Waals surface area (Å²) in [7, 11) is 0. The summed E-state index contributed by atoms with van der Waals surface area (Å²) in [6, 6.07) is 0. The van der Waals surface area contributed by atoms with Crippen molar-refractivity contribution in [2.75, 3.05) is 13.1 Å². The molecule has 1 saturated heterocycles. The Morgan fingerprint density at radius 3 is 2.00 bits per heavy atom. The highest BCUT2D eigenvalue weighted by Crippen LogP contribution is 2.33. The van der Waals surface area contributed by atoms with E-state index < -0.39 is 22.4 Å². The second-order valence-electron chi connectivity index (χ2n) is 3.56. The molecule has 0 aromatic rings. The van der Waals surface area contributed by atoms with E-state index in [1.54, 1.807) is 0 Å². The fourth-order valence-corrected chi connectivity index (χ4v) is 1.81. The van der Waals surface area contributed by atoms with Crippen LogP contribution in [-0.2, 0) is 9.59 Å². The van der Waals surface area contributed by atoms with Gasteiger partial charge in [0, 0.05) is 13.1 Å². The molecule has 0 atom stereocenters. The summed E-state index contributed by atoms with van der Waals surface area (Å²) >= 11 is 2.97. The number of carbonyl (C=O) groups excluding carboxylic acids is 1. The zero-order valence-corrected chi connectivity index (χ0v) is 9.64. The van der Waals surface area contributed by atoms with Crippen LogP contribution in [-0.4, -0.2) is 45.5 Å². The monoisotopic (exact) mass is 303 g/mol. The molecule has 1 amide bonds. The minimum Gasteiger partial charge on any atom is -0.480 e. The zero-order valence-electron chi connectivity index (χ0n) is 8.05. The number of halogens is 4. The quantitative estimate of drug-likeness (QED) is 0.745. The van der Waals surface area contributed by atoms with Crippen LogP contribution in [0, 0.1) is 0 Å². The summed E-state index contributed by atoms with van der Waals surface area (Å²) in [4.78, 5) is 22.2. The highest BCUT2D eigenvalue weighted by molar-refractivity contribution is 9.10. The first-order valence-electron chi connectivity index (χ1n) is 4.45. The normalized spacial score (nSPS) is 20.6. The van der Waals surface area contributed by atoms with E-state index in [-0.39, 0.29) is 25.9 Å². The van der Waals surface area contributed by atoms with Crippen molar-refractivity contribution in [1.82, 2.24) is 4.90 Å². The van der Waals surface area contributed by atoms with Crippen molar-refractivity contribution in [2.24, 2.45) is 0 Å². The first-order valence-corrected chi connectivity index (χ1v) is 5.24. The Balaban J connectivity index is 2.63. The Morgan fingerprint density at radius 1 is 1.25 bits per heavy atom. The number of nitrogens with zero attached hydrogens (tertiary/aromatic N) is 1. The minimum absolute atomic E-state index is 0.0375. The molecule has 1 heterocycles. The van der Waals surface area contributed by atoms with Crippen LogP contribution in [0.5, 0.6) is 0 Å². The molecule has 92 valence electrons. The number of carboxylic acids is 1. The number of rotatable bonds is 1. The number of piperidine rings is 1. The van der Waals surface area contributed by atoms with E-state index in [4.69, 9.17) is 5.11 Å². The lowest BCUT2D eigenvalue weighted by Crippen LogP contribution is -2.50. The van der Waals surface area contributed by atoms with Gasteiger partial charge in [-0.15, -0.1) is 0 Å². The van der Waals surface area contributed by atoms with Gasteiger partial charge in [-0.3, -0.25) is 9.59 Å². The average molecular weight is 304 g/mol. The molecule has 0 unspecified atom stereocenters. The van der Waals surface area contributed by atoms with Crippen molar-refractivity contribution in [1.29, 1.82) is 0 Å². The SMILES string of the molecule is O=C(N1CCC(Br)(C(=O)O)CC1)C(F)(F)F. The largest absolute Gasteiger partial charge is 0.480 e. The van der Waals surface area contributed by atoms with Gasteiger partial charge in [0.05, 0.1) is 0 Å². The Hall–Kier alpha value is -0.790. The van der Waals surface area contributed by atoms with Gasteiger partial charge in [-0.1, -0.05) is 15.9 Å². The lowest BCUT2D eigenvalue weighted by atomic mass is 9.97. The van der Waals surface area contributed by atoms with E-state index in [9.17, 15) is 22.8 Å². The van der Waals surface area contributed by atoms with Gasteiger partial charge in [-0.2, -0.15) is 13.2 Å². The van der Waals surface area contributed by atoms with E-state index in [0.717, 1.165) is 0 Å². The van der Waals surface area contributed by atoms with Gasteiger partial charge in [0.1, 0.15) is 4.32 Å². The van der Waals surface area contributed by atoms with Gasteiger partial charge < -0.3 is 10.0 Å². The summed E-state index contributed by atoms with van der Waals surface area (Å²) in [5, 5.41) is 8.81. The van der Waals surface area contributed by atoms with Gasteiger partial charge in [-0.25, -0.2) is 0 Å². The topological polar surface area (TPSA) is 57.6 Å². The molecule has 1 aliphatic heterocycles. The number of aliphatic carboxylic acids is 1. The summed E-state index contributed by atoms with van der Waals surface area (Å²) in [6.45, 7) is -0.425. The predicted octanol–water partition coefficient (Wildman–Crippen LogP) is 1.39. The molecule has 0 aromatic heterocycles. The maximum atomic E-state index is 12.1. The third-order valence-electron chi connectivity index (χ3n) is 2.47. The summed E-state index contributed by atoms with van der Waals surface area (Å²) in [6.07, 6.45) is -4.97. The van der Waals surface area contributed by atoms with Crippen LogP contribution in [0.15, 0.2) is 0 Å². The summed E-state index contributed by atoms with van der Waals surface area (Å²) in [5.41, 5.74) is 0. The number of likely N-dealkylation sites (tertiary alicyclic amines) is 1. The summed E-state index contributed by atoms with van der Waals surface area (Å²) in [5.74, 6) is -3.03. The van der Waals surface area contributed by atoms with Gasteiger partial charge >= 0.3 is 18.1 Å². The van der Waals surface area contributed by atoms with E-state index in [1.165, 1.54) is 0 Å². The van der Waals surface area contributed by atoms with Gasteiger partial charge in [0.2, 0.25) is 0 Å². The van der Waals surface area contributed by atoms with Crippen molar-refractivity contribution in [3.8, 4) is 0 Å². The molecule has 1 N–H and O–H groups in total. The third-order valence-corrected chi connectivity index (χ3v) is 3.60. The average Bonchev–Trinajstić information content (AvgIpc) is 2.16. The van der Waals surface area contributed by atoms with Crippen LogP contribution in [0.25, 0.3) is 0 Å². The maximum absolute atomic E-state index is 12.1. The fraction of sp³-hybridized carbons (Fsp3) is 0.750. The number of hydrogen-bond acceptors (Lipinski definition) is 2. The Morgan fingerprint density at radius 2 is 1.69 bits per heavy atom. The molecule has 0 aliphatic carbocycles. The van der Waals surface area contributed by atoms with Gasteiger partial charge in [0.15, 0.2) is 0 Å². The van der Waals surface area contributed by atoms with E-state index in [1.807, 2.05) is 0 Å². The predicted molar refractivity (Wildman–Crippen MR) is 51.2 cm³/mol. The first kappa shape index (κ1) is 13.3. The third kappa shape index (κ3) is 2.66. The number of carboxylic acid groups (broad SMARTS) is 1. The lowest BCUT2D eigenvalue weighted by Gasteiger charge is -2.35. The minimum atomic E-state index is -4.89. The molecule has 0 aromatic carbocycles. The molecule has 8 heteroatoms. The molecule has 1 fully saturated rings. The summed E-state index contributed by atoms with van der Waals surface area (Å²) < 4.78 is 35.0. The highest BCUT2D eigenvalue weighted by Gasteiger charge is 2.47. The standard InChI is InChI=1S/C8H9BrF3NO3/c9-7(6(15)16)1-3-13(4-2-7)5(14)8(10,11)12/h1-4H2,(H,15,16). The van der Waals surface area contributed by atoms with E-state index in [2.05, 4.69) is 15.9 Å². The molecule has 0 saturated carbocycles. The Bertz CT molecular complexity index is 310. The molecule has 1 aliphatic rings. The highest BCUT2D eigenvalue weighted by atomic mass is 79.9. The number of alkyl halides is 4. The molecular weight excluding hydrogens is 295 g/mol. The Kier molecular flexibility index (Phi) is 3.51. The van der Waals surface area contributed by atoms with Crippen LogP contribution >= 0.6 is 15.9 Å². The van der Waals surface area contributed by atoms with Crippen LogP contribution < -0.4 is 0 Å². The molecule has 0 radical (unpaired) electrons. The molecule has 16 heavy (non-hydrogen) atoms. The second kappa shape index (κ2) is 4.23. The van der Waals surface area contributed by atoms with E-state index >= 15 is 0 Å². The molecule has 4 nitrogen and oxygen atoms in total. The molecule has 0 bridgehead atoms. The zero-order chi connectivity index (χ0) is 12.6. The molecule has 0 spiro atoms. The van der Waals surface area contributed by atoms with Crippen molar-refractivity contribution < 1.29 is 27.9 Å². The van der Waals surface area contributed by atoms with Crippen LogP contribution in [0.4, 0.5) is 13.2 Å². The van der Waals surface area contributed by atoms with Crippen molar-refractivity contribution >= 4 is 27.8 Å². The molecular formula is C8H9BrF3NO3. The van der Waals surface area contributed by atoms with Gasteiger partial charge in [0.25, 0.3) is 0 Å². The number of amides is 1. The number of hydrogen-bond donors (Lipinski definition) is 1. The van der Waals surface area contributed by atoms with Crippen molar-refractivity contribution in [3.05, 3.63) is 0 Å². The van der Waals surface area contributed by atoms with Gasteiger partial charge in [-0.05, 0) is 12.8 Å². The van der Waals surface area contributed by atoms with Crippen LogP contribution in [0.1, 0.15) is 12.8 Å². The number of carbonyl (C=O) groups is 2. The van der Waals surface area contributed by atoms with Crippen LogP contribution in [0.2, 0.25) is 0 Å². The van der Waals surface area contributed by atoms with Crippen LogP contribution in [0.3, 0.4) is 0 Å². The van der Waals surface area contributed by atoms with E-state index in [0.29, 0.717) is 4.90 Å². The second-order valence-corrected chi connectivity index (χ2v) is 5.08. The smallest absolute Gasteiger partial charge is 0.471 e. The molecule has 1 rings (SSSR count). The maximum Gasteiger partial charge on any atom is 0.471 e. The first-order chi connectivity index (χ1) is 7.17. The van der Waals surface area contributed by atoms with Crippen molar-refractivity contribution in [2.45, 2.75) is 23.3 Å². The lowest BCUT2D eigenvalue weighted by molar-refractivity contribution is -0.186. The Labute approximate surface area is 97.5 Å². The van der Waals surface area contributed by atoms with Crippen molar-refractivity contribution in [3.63, 3.8) is 0 Å². The fourth-order valence-electron chi connectivity index (χ4n) is 1.46.